The number of nitrogens with zero attached hydrogens (tertiary/aromatic N) is 2. The van der Waals surface area contributed by atoms with E-state index in [-0.39, 0.29) is 5.91 Å². The number of hydrogen-bond donors (Lipinski definition) is 1. The molecule has 0 saturated carbocycles. The fourth-order valence-corrected chi connectivity index (χ4v) is 3.03. The fourth-order valence-electron chi connectivity index (χ4n) is 2.01. The number of rotatable bonds is 4. The number of nitrogens with one attached hydrogen (secondary N) is 1. The van der Waals surface area contributed by atoms with E-state index in [0.717, 1.165) is 15.7 Å². The fraction of sp³-hybridized carbons (Fsp3) is 0.0588. The van der Waals surface area contributed by atoms with Gasteiger partial charge in [-0.25, -0.2) is 4.98 Å². The first-order chi connectivity index (χ1) is 11.1. The molecule has 0 bridgehead atoms. The minimum atomic E-state index is -0.222. The van der Waals surface area contributed by atoms with Gasteiger partial charge < -0.3 is 9.88 Å². The molecule has 1 heterocycles. The van der Waals surface area contributed by atoms with Gasteiger partial charge in [0.2, 0.25) is 0 Å². The normalized spacial score (nSPS) is 10.5. The molecule has 1 N–H and O–H groups in total. The maximum atomic E-state index is 12.2. The molecule has 4 nitrogen and oxygen atoms in total. The lowest BCUT2D eigenvalue weighted by molar-refractivity contribution is 0.102. The van der Waals surface area contributed by atoms with Gasteiger partial charge in [-0.2, -0.15) is 0 Å². The van der Waals surface area contributed by atoms with Crippen LogP contribution in [0.25, 0.3) is 0 Å². The van der Waals surface area contributed by atoms with E-state index in [1.807, 2.05) is 42.1 Å². The monoisotopic (exact) mass is 343 g/mol. The number of hydrogen-bond acceptors (Lipinski definition) is 3. The predicted molar refractivity (Wildman–Crippen MR) is 93.2 cm³/mol. The summed E-state index contributed by atoms with van der Waals surface area (Å²) >= 11 is 7.60. The van der Waals surface area contributed by atoms with Crippen molar-refractivity contribution in [1.29, 1.82) is 0 Å². The largest absolute Gasteiger partial charge is 0.329 e. The van der Waals surface area contributed by atoms with Crippen molar-refractivity contribution in [3.05, 3.63) is 71.5 Å². The van der Waals surface area contributed by atoms with Gasteiger partial charge in [-0.05, 0) is 36.4 Å². The molecule has 116 valence electrons. The van der Waals surface area contributed by atoms with E-state index >= 15 is 0 Å². The molecule has 0 aliphatic heterocycles. The molecule has 3 aromatic rings. The number of halogens is 1. The number of anilines is 1. The van der Waals surface area contributed by atoms with Gasteiger partial charge in [-0.3, -0.25) is 4.79 Å². The molecular formula is C17H14ClN3OS. The Bertz CT molecular complexity index is 830. The Balaban J connectivity index is 1.69. The van der Waals surface area contributed by atoms with Crippen molar-refractivity contribution in [3.63, 3.8) is 0 Å². The van der Waals surface area contributed by atoms with Crippen molar-refractivity contribution < 1.29 is 4.79 Å². The van der Waals surface area contributed by atoms with E-state index in [4.69, 9.17) is 11.6 Å². The molecule has 2 aromatic carbocycles. The van der Waals surface area contributed by atoms with Gasteiger partial charge in [0.15, 0.2) is 5.16 Å². The Morgan fingerprint density at radius 1 is 1.17 bits per heavy atom. The number of aromatic nitrogens is 2. The number of benzene rings is 2. The van der Waals surface area contributed by atoms with Crippen molar-refractivity contribution in [3.8, 4) is 0 Å². The summed E-state index contributed by atoms with van der Waals surface area (Å²) in [6, 6.07) is 14.6. The van der Waals surface area contributed by atoms with Gasteiger partial charge >= 0.3 is 0 Å². The van der Waals surface area contributed by atoms with Crippen LogP contribution in [0.5, 0.6) is 0 Å². The van der Waals surface area contributed by atoms with Gasteiger partial charge in [-0.15, -0.1) is 0 Å². The molecular weight excluding hydrogens is 330 g/mol. The molecule has 6 heteroatoms. The predicted octanol–water partition coefficient (Wildman–Crippen LogP) is 4.48. The van der Waals surface area contributed by atoms with E-state index in [2.05, 4.69) is 10.3 Å². The van der Waals surface area contributed by atoms with Gasteiger partial charge in [0.1, 0.15) is 0 Å². The summed E-state index contributed by atoms with van der Waals surface area (Å²) in [5, 5.41) is 4.19. The Hall–Kier alpha value is -2.24. The summed E-state index contributed by atoms with van der Waals surface area (Å²) in [5.41, 5.74) is 1.18. The van der Waals surface area contributed by atoms with E-state index in [1.54, 1.807) is 42.2 Å². The topological polar surface area (TPSA) is 46.9 Å². The zero-order valence-electron chi connectivity index (χ0n) is 12.4. The van der Waals surface area contributed by atoms with Gasteiger partial charge in [0, 0.05) is 30.0 Å². The number of aryl methyl sites for hydroxylation is 1. The third-order valence-corrected chi connectivity index (χ3v) is 4.63. The highest BCUT2D eigenvalue weighted by Crippen LogP contribution is 2.27. The van der Waals surface area contributed by atoms with Crippen LogP contribution in [0.1, 0.15) is 10.4 Å². The van der Waals surface area contributed by atoms with Crippen LogP contribution in [0.2, 0.25) is 5.02 Å². The zero-order valence-corrected chi connectivity index (χ0v) is 13.9. The van der Waals surface area contributed by atoms with Crippen molar-refractivity contribution in [1.82, 2.24) is 9.55 Å². The summed E-state index contributed by atoms with van der Waals surface area (Å²) in [7, 11) is 1.95. The minimum absolute atomic E-state index is 0.222. The summed E-state index contributed by atoms with van der Waals surface area (Å²) in [5.74, 6) is -0.222. The lowest BCUT2D eigenvalue weighted by atomic mass is 10.2. The van der Waals surface area contributed by atoms with E-state index in [1.165, 1.54) is 0 Å². The maximum absolute atomic E-state index is 12.2. The third-order valence-electron chi connectivity index (χ3n) is 3.22. The van der Waals surface area contributed by atoms with Crippen LogP contribution in [-0.4, -0.2) is 15.5 Å². The summed E-state index contributed by atoms with van der Waals surface area (Å²) in [6.45, 7) is 0. The SMILES string of the molecule is Cn1ccnc1Sc1ccc(NC(=O)c2ccccc2Cl)cc1. The Morgan fingerprint density at radius 2 is 1.91 bits per heavy atom. The van der Waals surface area contributed by atoms with E-state index in [0.29, 0.717) is 10.6 Å². The minimum Gasteiger partial charge on any atom is -0.329 e. The average Bonchev–Trinajstić information content (AvgIpc) is 2.95. The molecule has 0 atom stereocenters. The second-order valence-corrected chi connectivity index (χ2v) is 6.33. The van der Waals surface area contributed by atoms with Crippen molar-refractivity contribution >= 4 is 35.0 Å². The molecule has 0 spiro atoms. The van der Waals surface area contributed by atoms with E-state index < -0.39 is 0 Å². The van der Waals surface area contributed by atoms with Crippen LogP contribution >= 0.6 is 23.4 Å². The van der Waals surface area contributed by atoms with Crippen molar-refractivity contribution in [2.24, 2.45) is 7.05 Å². The maximum Gasteiger partial charge on any atom is 0.257 e. The quantitative estimate of drug-likeness (QED) is 0.759. The first-order valence-electron chi connectivity index (χ1n) is 6.94. The summed E-state index contributed by atoms with van der Waals surface area (Å²) in [4.78, 5) is 17.5. The summed E-state index contributed by atoms with van der Waals surface area (Å²) in [6.07, 6.45) is 3.67. The highest BCUT2D eigenvalue weighted by molar-refractivity contribution is 7.99. The number of amides is 1. The zero-order chi connectivity index (χ0) is 16.2. The van der Waals surface area contributed by atoms with Crippen LogP contribution in [0.15, 0.2) is 71.0 Å². The van der Waals surface area contributed by atoms with Crippen LogP contribution in [-0.2, 0) is 7.05 Å². The molecule has 0 saturated heterocycles. The Morgan fingerprint density at radius 3 is 2.57 bits per heavy atom. The number of carbonyl (C=O) groups is 1. The van der Waals surface area contributed by atoms with E-state index in [9.17, 15) is 4.79 Å². The van der Waals surface area contributed by atoms with Gasteiger partial charge in [0.05, 0.1) is 10.6 Å². The molecule has 0 aliphatic rings. The standard InChI is InChI=1S/C17H14ClN3OS/c1-21-11-10-19-17(21)23-13-8-6-12(7-9-13)20-16(22)14-4-2-3-5-15(14)18/h2-11H,1H3,(H,20,22). The van der Waals surface area contributed by atoms with Crippen molar-refractivity contribution in [2.75, 3.05) is 5.32 Å². The van der Waals surface area contributed by atoms with Crippen LogP contribution < -0.4 is 5.32 Å². The average molecular weight is 344 g/mol. The Labute approximate surface area is 143 Å². The lowest BCUT2D eigenvalue weighted by Crippen LogP contribution is -2.12. The lowest BCUT2D eigenvalue weighted by Gasteiger charge is -2.07. The second kappa shape index (κ2) is 6.89. The molecule has 0 radical (unpaired) electrons. The molecule has 23 heavy (non-hydrogen) atoms. The van der Waals surface area contributed by atoms with Crippen molar-refractivity contribution in [2.45, 2.75) is 10.1 Å². The molecule has 1 amide bonds. The molecule has 0 unspecified atom stereocenters. The molecule has 1 aromatic heterocycles. The van der Waals surface area contributed by atoms with Gasteiger partial charge in [-0.1, -0.05) is 35.5 Å². The Kier molecular flexibility index (Phi) is 4.69. The highest BCUT2D eigenvalue weighted by atomic mass is 35.5. The first kappa shape index (κ1) is 15.6. The first-order valence-corrected chi connectivity index (χ1v) is 8.14. The molecule has 0 fully saturated rings. The van der Waals surface area contributed by atoms with Crippen LogP contribution in [0, 0.1) is 0 Å². The summed E-state index contributed by atoms with van der Waals surface area (Å²) < 4.78 is 1.96. The number of imidazole rings is 1. The third kappa shape index (κ3) is 3.75. The number of carbonyl (C=O) groups excluding carboxylic acids is 1. The smallest absolute Gasteiger partial charge is 0.257 e. The highest BCUT2D eigenvalue weighted by Gasteiger charge is 2.10. The van der Waals surface area contributed by atoms with Crippen LogP contribution in [0.3, 0.4) is 0 Å². The van der Waals surface area contributed by atoms with Crippen LogP contribution in [0.4, 0.5) is 5.69 Å². The molecule has 0 aliphatic carbocycles. The molecule has 3 rings (SSSR count). The second-order valence-electron chi connectivity index (χ2n) is 4.88. The van der Waals surface area contributed by atoms with Gasteiger partial charge in [0.25, 0.3) is 5.91 Å².